The highest BCUT2D eigenvalue weighted by molar-refractivity contribution is 7.99. The van der Waals surface area contributed by atoms with Crippen molar-refractivity contribution in [3.63, 3.8) is 0 Å². The van der Waals surface area contributed by atoms with E-state index in [9.17, 15) is 4.79 Å². The number of ether oxygens (including phenoxy) is 2. The van der Waals surface area contributed by atoms with Crippen LogP contribution in [0.15, 0.2) is 0 Å². The first kappa shape index (κ1) is 17.1. The Hall–Kier alpha value is -0.260. The summed E-state index contributed by atoms with van der Waals surface area (Å²) in [7, 11) is 1.90. The molecular weight excluding hydrogens is 286 g/mol. The molecule has 0 aromatic heterocycles. The Bertz CT molecular complexity index is 333. The third-order valence-corrected chi connectivity index (χ3v) is 5.98. The summed E-state index contributed by atoms with van der Waals surface area (Å²) < 4.78 is 11.0. The topological polar surface area (TPSA) is 47.6 Å². The zero-order valence-electron chi connectivity index (χ0n) is 13.4. The van der Waals surface area contributed by atoms with Gasteiger partial charge in [-0.2, -0.15) is 11.8 Å². The zero-order valence-corrected chi connectivity index (χ0v) is 14.2. The zero-order chi connectivity index (χ0) is 15.1. The van der Waals surface area contributed by atoms with Gasteiger partial charge in [0.05, 0.1) is 12.7 Å². The van der Waals surface area contributed by atoms with E-state index in [0.717, 1.165) is 43.8 Å². The second-order valence-electron chi connectivity index (χ2n) is 6.03. The van der Waals surface area contributed by atoms with Crippen molar-refractivity contribution >= 4 is 17.7 Å². The third-order valence-electron chi connectivity index (χ3n) is 4.84. The van der Waals surface area contributed by atoms with Gasteiger partial charge in [-0.1, -0.05) is 6.42 Å². The molecular formula is C16H29NO3S. The van der Waals surface area contributed by atoms with Crippen molar-refractivity contribution < 1.29 is 14.3 Å². The molecule has 1 saturated carbocycles. The van der Waals surface area contributed by atoms with Crippen LogP contribution in [0.2, 0.25) is 0 Å². The number of likely N-dealkylation sites (N-methyl/N-ethyl adjacent to an activating group) is 1. The monoisotopic (exact) mass is 315 g/mol. The molecule has 122 valence electrons. The molecule has 5 heteroatoms. The van der Waals surface area contributed by atoms with Gasteiger partial charge in [-0.3, -0.25) is 4.79 Å². The highest BCUT2D eigenvalue weighted by Crippen LogP contribution is 2.39. The lowest BCUT2D eigenvalue weighted by Crippen LogP contribution is -2.54. The quantitative estimate of drug-likeness (QED) is 0.551. The van der Waals surface area contributed by atoms with Crippen LogP contribution in [0.3, 0.4) is 0 Å². The molecule has 1 aliphatic heterocycles. The van der Waals surface area contributed by atoms with Crippen LogP contribution in [-0.4, -0.2) is 49.4 Å². The van der Waals surface area contributed by atoms with Gasteiger partial charge in [-0.25, -0.2) is 0 Å². The fourth-order valence-corrected chi connectivity index (χ4v) is 4.79. The summed E-state index contributed by atoms with van der Waals surface area (Å²) in [6, 6.07) is 0. The van der Waals surface area contributed by atoms with E-state index < -0.39 is 5.54 Å². The molecule has 3 atom stereocenters. The van der Waals surface area contributed by atoms with Crippen molar-refractivity contribution in [3.8, 4) is 0 Å². The third kappa shape index (κ3) is 4.14. The Morgan fingerprint density at radius 3 is 2.95 bits per heavy atom. The standard InChI is InChI=1S/C16H29NO3S/c1-3-19-15(18)16(17-2)9-4-6-13(16)8-11-21-12-14-7-5-10-20-14/h13-14,17H,3-12H2,1-2H3. The molecule has 4 nitrogen and oxygen atoms in total. The van der Waals surface area contributed by atoms with Crippen LogP contribution < -0.4 is 5.32 Å². The second kappa shape index (κ2) is 8.39. The maximum Gasteiger partial charge on any atom is 0.326 e. The van der Waals surface area contributed by atoms with E-state index in [0.29, 0.717) is 18.6 Å². The largest absolute Gasteiger partial charge is 0.465 e. The molecule has 21 heavy (non-hydrogen) atoms. The number of hydrogen-bond acceptors (Lipinski definition) is 5. The van der Waals surface area contributed by atoms with Crippen LogP contribution in [0, 0.1) is 5.92 Å². The fraction of sp³-hybridized carbons (Fsp3) is 0.938. The van der Waals surface area contributed by atoms with Crippen molar-refractivity contribution in [3.05, 3.63) is 0 Å². The van der Waals surface area contributed by atoms with E-state index in [1.165, 1.54) is 12.8 Å². The van der Waals surface area contributed by atoms with Crippen molar-refractivity contribution in [1.82, 2.24) is 5.32 Å². The fourth-order valence-electron chi connectivity index (χ4n) is 3.64. The molecule has 1 N–H and O–H groups in total. The molecule has 0 bridgehead atoms. The molecule has 0 amide bonds. The molecule has 2 aliphatic rings. The van der Waals surface area contributed by atoms with E-state index in [1.54, 1.807) is 0 Å². The van der Waals surface area contributed by atoms with Gasteiger partial charge in [0.15, 0.2) is 0 Å². The van der Waals surface area contributed by atoms with Crippen LogP contribution in [0.4, 0.5) is 0 Å². The number of esters is 1. The van der Waals surface area contributed by atoms with Crippen LogP contribution >= 0.6 is 11.8 Å². The smallest absolute Gasteiger partial charge is 0.326 e. The summed E-state index contributed by atoms with van der Waals surface area (Å²) in [6.45, 7) is 3.27. The summed E-state index contributed by atoms with van der Waals surface area (Å²) in [4.78, 5) is 12.3. The SMILES string of the molecule is CCOC(=O)C1(NC)CCCC1CCSCC1CCCO1. The van der Waals surface area contributed by atoms with Gasteiger partial charge in [0.25, 0.3) is 0 Å². The number of thioether (sulfide) groups is 1. The summed E-state index contributed by atoms with van der Waals surface area (Å²) in [6.07, 6.45) is 7.10. The maximum atomic E-state index is 12.3. The summed E-state index contributed by atoms with van der Waals surface area (Å²) in [5.74, 6) is 2.55. The Morgan fingerprint density at radius 2 is 2.29 bits per heavy atom. The summed E-state index contributed by atoms with van der Waals surface area (Å²) in [5, 5.41) is 3.29. The van der Waals surface area contributed by atoms with Crippen LogP contribution in [-0.2, 0) is 14.3 Å². The van der Waals surface area contributed by atoms with Gasteiger partial charge in [0, 0.05) is 12.4 Å². The second-order valence-corrected chi connectivity index (χ2v) is 7.18. The molecule has 0 spiro atoms. The molecule has 1 heterocycles. The number of hydrogen-bond donors (Lipinski definition) is 1. The van der Waals surface area contributed by atoms with Crippen molar-refractivity contribution in [2.75, 3.05) is 31.8 Å². The lowest BCUT2D eigenvalue weighted by atomic mass is 9.85. The first-order valence-electron chi connectivity index (χ1n) is 8.28. The number of carbonyl (C=O) groups is 1. The van der Waals surface area contributed by atoms with Gasteiger partial charge in [0.2, 0.25) is 0 Å². The number of nitrogens with one attached hydrogen (secondary N) is 1. The molecule has 2 rings (SSSR count). The predicted molar refractivity (Wildman–Crippen MR) is 86.7 cm³/mol. The van der Waals surface area contributed by atoms with Gasteiger partial charge in [-0.15, -0.1) is 0 Å². The van der Waals surface area contributed by atoms with Crippen LogP contribution in [0.1, 0.15) is 45.4 Å². The van der Waals surface area contributed by atoms with Gasteiger partial charge in [0.1, 0.15) is 5.54 Å². The molecule has 0 radical (unpaired) electrons. The average Bonchev–Trinajstić information content (AvgIpc) is 3.14. The maximum absolute atomic E-state index is 12.3. The minimum absolute atomic E-state index is 0.0564. The average molecular weight is 315 g/mol. The van der Waals surface area contributed by atoms with E-state index in [4.69, 9.17) is 9.47 Å². The molecule has 2 fully saturated rings. The lowest BCUT2D eigenvalue weighted by Gasteiger charge is -2.33. The van der Waals surface area contributed by atoms with Gasteiger partial charge in [-0.05, 0) is 57.7 Å². The van der Waals surface area contributed by atoms with E-state index in [2.05, 4.69) is 5.32 Å². The van der Waals surface area contributed by atoms with Gasteiger partial charge >= 0.3 is 5.97 Å². The molecule has 0 aromatic rings. The van der Waals surface area contributed by atoms with E-state index >= 15 is 0 Å². The normalized spacial score (nSPS) is 32.5. The van der Waals surface area contributed by atoms with Crippen molar-refractivity contribution in [2.24, 2.45) is 5.92 Å². The van der Waals surface area contributed by atoms with E-state index in [-0.39, 0.29) is 5.97 Å². The Labute approximate surface area is 132 Å². The Morgan fingerprint density at radius 1 is 1.43 bits per heavy atom. The molecule has 1 aliphatic carbocycles. The molecule has 1 saturated heterocycles. The highest BCUT2D eigenvalue weighted by Gasteiger charge is 2.48. The summed E-state index contributed by atoms with van der Waals surface area (Å²) in [5.41, 5.74) is -0.444. The number of carbonyl (C=O) groups excluding carboxylic acids is 1. The van der Waals surface area contributed by atoms with Crippen LogP contribution in [0.25, 0.3) is 0 Å². The minimum Gasteiger partial charge on any atom is -0.465 e. The first-order chi connectivity index (χ1) is 10.2. The van der Waals surface area contributed by atoms with Crippen molar-refractivity contribution in [1.29, 1.82) is 0 Å². The van der Waals surface area contributed by atoms with Gasteiger partial charge < -0.3 is 14.8 Å². The molecule has 0 aromatic carbocycles. The number of rotatable bonds is 8. The Kier molecular flexibility index (Phi) is 6.83. The van der Waals surface area contributed by atoms with E-state index in [1.807, 2.05) is 25.7 Å². The highest BCUT2D eigenvalue weighted by atomic mass is 32.2. The lowest BCUT2D eigenvalue weighted by molar-refractivity contribution is -0.152. The summed E-state index contributed by atoms with van der Waals surface area (Å²) >= 11 is 1.97. The first-order valence-corrected chi connectivity index (χ1v) is 9.44. The van der Waals surface area contributed by atoms with Crippen LogP contribution in [0.5, 0.6) is 0 Å². The minimum atomic E-state index is -0.444. The Balaban J connectivity index is 1.78. The van der Waals surface area contributed by atoms with Crippen molar-refractivity contribution in [2.45, 2.75) is 57.1 Å². The molecule has 3 unspecified atom stereocenters. The predicted octanol–water partition coefficient (Wildman–Crippen LogP) is 2.61.